The zero-order valence-electron chi connectivity index (χ0n) is 11.4. The Morgan fingerprint density at radius 2 is 2.29 bits per heavy atom. The standard InChI is InChI=1S/C14H14BrN5O/c1-2-10(16)13-19-11-5-3-4-9(15)12(11)14(21)20(13)8-6-17-18-7-8/h3-7,10H,2,16H2,1H3,(H,17,18). The van der Waals surface area contributed by atoms with Crippen molar-refractivity contribution < 1.29 is 0 Å². The molecule has 0 saturated carbocycles. The molecule has 0 bridgehead atoms. The SMILES string of the molecule is CCC(N)c1nc2cccc(Br)c2c(=O)n1-c1cn[nH]c1. The van der Waals surface area contributed by atoms with E-state index in [-0.39, 0.29) is 11.6 Å². The predicted octanol–water partition coefficient (Wildman–Crippen LogP) is 2.28. The molecule has 0 aliphatic heterocycles. The minimum Gasteiger partial charge on any atom is -0.321 e. The first-order valence-electron chi connectivity index (χ1n) is 6.59. The van der Waals surface area contributed by atoms with Crippen LogP contribution in [0, 0.1) is 0 Å². The van der Waals surface area contributed by atoms with Gasteiger partial charge in [-0.1, -0.05) is 13.0 Å². The molecular formula is C14H14BrN5O. The van der Waals surface area contributed by atoms with Crippen LogP contribution >= 0.6 is 15.9 Å². The summed E-state index contributed by atoms with van der Waals surface area (Å²) in [6.07, 6.45) is 3.92. The quantitative estimate of drug-likeness (QED) is 0.760. The summed E-state index contributed by atoms with van der Waals surface area (Å²) in [5, 5.41) is 7.15. The molecule has 3 N–H and O–H groups in total. The monoisotopic (exact) mass is 347 g/mol. The molecule has 3 rings (SSSR count). The van der Waals surface area contributed by atoms with Crippen molar-refractivity contribution in [1.82, 2.24) is 19.7 Å². The molecule has 7 heteroatoms. The van der Waals surface area contributed by atoms with Gasteiger partial charge in [0, 0.05) is 10.7 Å². The molecular weight excluding hydrogens is 334 g/mol. The van der Waals surface area contributed by atoms with Crippen LogP contribution in [0.4, 0.5) is 0 Å². The fourth-order valence-corrected chi connectivity index (χ4v) is 2.78. The van der Waals surface area contributed by atoms with Crippen molar-refractivity contribution in [1.29, 1.82) is 0 Å². The minimum atomic E-state index is -0.323. The van der Waals surface area contributed by atoms with Crippen molar-refractivity contribution in [3.05, 3.63) is 51.2 Å². The van der Waals surface area contributed by atoms with Gasteiger partial charge in [-0.15, -0.1) is 0 Å². The topological polar surface area (TPSA) is 89.6 Å². The number of fused-ring (bicyclic) bond motifs is 1. The van der Waals surface area contributed by atoms with E-state index in [9.17, 15) is 4.79 Å². The van der Waals surface area contributed by atoms with E-state index in [2.05, 4.69) is 31.1 Å². The molecule has 1 unspecified atom stereocenters. The Balaban J connectivity index is 2.45. The van der Waals surface area contributed by atoms with Crippen molar-refractivity contribution in [2.75, 3.05) is 0 Å². The molecule has 1 aromatic carbocycles. The number of hydrogen-bond acceptors (Lipinski definition) is 4. The highest BCUT2D eigenvalue weighted by Gasteiger charge is 2.18. The molecule has 0 spiro atoms. The normalized spacial score (nSPS) is 12.7. The first-order valence-corrected chi connectivity index (χ1v) is 7.38. The lowest BCUT2D eigenvalue weighted by molar-refractivity contribution is 0.623. The molecule has 0 amide bonds. The molecule has 6 nitrogen and oxygen atoms in total. The van der Waals surface area contributed by atoms with E-state index in [0.717, 1.165) is 0 Å². The third-order valence-corrected chi connectivity index (χ3v) is 4.05. The fourth-order valence-electron chi connectivity index (χ4n) is 2.25. The van der Waals surface area contributed by atoms with E-state index in [4.69, 9.17) is 5.73 Å². The summed E-state index contributed by atoms with van der Waals surface area (Å²) < 4.78 is 2.23. The molecule has 0 saturated heterocycles. The van der Waals surface area contributed by atoms with E-state index < -0.39 is 0 Å². The van der Waals surface area contributed by atoms with Gasteiger partial charge in [-0.2, -0.15) is 5.10 Å². The van der Waals surface area contributed by atoms with E-state index >= 15 is 0 Å². The number of aromatic nitrogens is 4. The second kappa shape index (κ2) is 5.42. The lowest BCUT2D eigenvalue weighted by Crippen LogP contribution is -2.28. The Morgan fingerprint density at radius 3 is 2.95 bits per heavy atom. The molecule has 0 radical (unpaired) electrons. The molecule has 3 aromatic rings. The van der Waals surface area contributed by atoms with Crippen molar-refractivity contribution in [2.45, 2.75) is 19.4 Å². The molecule has 0 fully saturated rings. The van der Waals surface area contributed by atoms with Crippen molar-refractivity contribution in [3.8, 4) is 5.69 Å². The Kier molecular flexibility index (Phi) is 3.60. The summed E-state index contributed by atoms with van der Waals surface area (Å²) in [6.45, 7) is 1.96. The average Bonchev–Trinajstić information content (AvgIpc) is 2.99. The van der Waals surface area contributed by atoms with Crippen LogP contribution in [0.1, 0.15) is 25.2 Å². The largest absolute Gasteiger partial charge is 0.321 e. The van der Waals surface area contributed by atoms with Gasteiger partial charge in [0.05, 0.1) is 28.8 Å². The summed E-state index contributed by atoms with van der Waals surface area (Å²) in [7, 11) is 0. The number of H-pyrrole nitrogens is 1. The van der Waals surface area contributed by atoms with Gasteiger partial charge in [0.2, 0.25) is 0 Å². The summed E-state index contributed by atoms with van der Waals surface area (Å²) in [4.78, 5) is 17.5. The first-order chi connectivity index (χ1) is 10.1. The number of nitrogens with two attached hydrogens (primary N) is 1. The molecule has 2 heterocycles. The van der Waals surface area contributed by atoms with Gasteiger partial charge in [-0.05, 0) is 34.5 Å². The van der Waals surface area contributed by atoms with Crippen LogP contribution in [-0.2, 0) is 0 Å². The molecule has 1 atom stereocenters. The van der Waals surface area contributed by atoms with Crippen molar-refractivity contribution in [3.63, 3.8) is 0 Å². The molecule has 108 valence electrons. The number of nitrogens with zero attached hydrogens (tertiary/aromatic N) is 3. The lowest BCUT2D eigenvalue weighted by Gasteiger charge is -2.16. The smallest absolute Gasteiger partial charge is 0.267 e. The summed E-state index contributed by atoms with van der Waals surface area (Å²) >= 11 is 3.42. The lowest BCUT2D eigenvalue weighted by atomic mass is 10.2. The Bertz CT molecular complexity index is 840. The van der Waals surface area contributed by atoms with E-state index in [0.29, 0.717) is 33.3 Å². The number of halogens is 1. The second-order valence-electron chi connectivity index (χ2n) is 4.72. The van der Waals surface area contributed by atoms with Gasteiger partial charge in [-0.25, -0.2) is 4.98 Å². The number of aromatic amines is 1. The summed E-state index contributed by atoms with van der Waals surface area (Å²) in [5.41, 5.74) is 7.24. The van der Waals surface area contributed by atoms with Gasteiger partial charge in [0.15, 0.2) is 0 Å². The third-order valence-electron chi connectivity index (χ3n) is 3.39. The van der Waals surface area contributed by atoms with Crippen LogP contribution in [0.2, 0.25) is 0 Å². The average molecular weight is 348 g/mol. The molecule has 0 aliphatic carbocycles. The van der Waals surface area contributed by atoms with Crippen LogP contribution in [-0.4, -0.2) is 19.7 Å². The fraction of sp³-hybridized carbons (Fsp3) is 0.214. The van der Waals surface area contributed by atoms with Crippen LogP contribution in [0.5, 0.6) is 0 Å². The number of nitrogens with one attached hydrogen (secondary N) is 1. The Hall–Kier alpha value is -1.99. The molecule has 21 heavy (non-hydrogen) atoms. The highest BCUT2D eigenvalue weighted by Crippen LogP contribution is 2.22. The zero-order chi connectivity index (χ0) is 15.0. The van der Waals surface area contributed by atoms with Crippen LogP contribution in [0.25, 0.3) is 16.6 Å². The summed E-state index contributed by atoms with van der Waals surface area (Å²) in [6, 6.07) is 5.16. The highest BCUT2D eigenvalue weighted by atomic mass is 79.9. The maximum atomic E-state index is 12.9. The van der Waals surface area contributed by atoms with Gasteiger partial charge >= 0.3 is 0 Å². The molecule has 0 aliphatic rings. The maximum absolute atomic E-state index is 12.9. The Morgan fingerprint density at radius 1 is 1.48 bits per heavy atom. The Labute approximate surface area is 129 Å². The van der Waals surface area contributed by atoms with Crippen molar-refractivity contribution >= 4 is 26.8 Å². The number of benzene rings is 1. The zero-order valence-corrected chi connectivity index (χ0v) is 13.0. The van der Waals surface area contributed by atoms with Gasteiger partial charge < -0.3 is 5.73 Å². The maximum Gasteiger partial charge on any atom is 0.267 e. The van der Waals surface area contributed by atoms with Crippen molar-refractivity contribution in [2.24, 2.45) is 5.73 Å². The van der Waals surface area contributed by atoms with Gasteiger partial charge in [0.25, 0.3) is 5.56 Å². The first kappa shape index (κ1) is 14.0. The van der Waals surface area contributed by atoms with Crippen LogP contribution in [0.15, 0.2) is 39.9 Å². The third kappa shape index (κ3) is 2.28. The highest BCUT2D eigenvalue weighted by molar-refractivity contribution is 9.10. The number of rotatable bonds is 3. The summed E-state index contributed by atoms with van der Waals surface area (Å²) in [5.74, 6) is 0.537. The van der Waals surface area contributed by atoms with Crippen LogP contribution < -0.4 is 11.3 Å². The van der Waals surface area contributed by atoms with Gasteiger partial charge in [-0.3, -0.25) is 14.5 Å². The van der Waals surface area contributed by atoms with Gasteiger partial charge in [0.1, 0.15) is 5.82 Å². The van der Waals surface area contributed by atoms with Crippen LogP contribution in [0.3, 0.4) is 0 Å². The number of hydrogen-bond donors (Lipinski definition) is 2. The molecule has 2 aromatic heterocycles. The predicted molar refractivity (Wildman–Crippen MR) is 84.4 cm³/mol. The minimum absolute atomic E-state index is 0.159. The van der Waals surface area contributed by atoms with E-state index in [1.54, 1.807) is 12.4 Å². The van der Waals surface area contributed by atoms with E-state index in [1.165, 1.54) is 4.57 Å². The van der Waals surface area contributed by atoms with E-state index in [1.807, 2.05) is 25.1 Å². The second-order valence-corrected chi connectivity index (χ2v) is 5.57.